The Hall–Kier alpha value is -0.370. The van der Waals surface area contributed by atoms with Crippen LogP contribution in [-0.4, -0.2) is 5.11 Å². The Bertz CT molecular complexity index is 547. The van der Waals surface area contributed by atoms with E-state index in [1.54, 1.807) is 6.07 Å². The van der Waals surface area contributed by atoms with Gasteiger partial charge in [-0.15, -0.1) is 0 Å². The molecule has 0 fully saturated rings. The highest BCUT2D eigenvalue weighted by Gasteiger charge is 2.37. The fourth-order valence-electron chi connectivity index (χ4n) is 3.20. The van der Waals surface area contributed by atoms with E-state index in [1.165, 1.54) is 0 Å². The van der Waals surface area contributed by atoms with Gasteiger partial charge in [0, 0.05) is 5.03 Å². The fraction of sp³-hybridized carbons (Fsp3) is 0.500. The van der Waals surface area contributed by atoms with E-state index in [9.17, 15) is 5.11 Å². The maximum Gasteiger partial charge on any atom is 0.135 e. The third-order valence-corrected chi connectivity index (χ3v) is 5.15. The number of rotatable bonds is 4. The van der Waals surface area contributed by atoms with Gasteiger partial charge < -0.3 is 5.11 Å². The van der Waals surface area contributed by atoms with Crippen molar-refractivity contribution in [1.29, 1.82) is 0 Å². The molecule has 0 bridgehead atoms. The highest BCUT2D eigenvalue weighted by Crippen LogP contribution is 2.49. The predicted molar refractivity (Wildman–Crippen MR) is 87.1 cm³/mol. The number of halogens is 3. The first-order valence-corrected chi connectivity index (χ1v) is 8.03. The normalized spacial score (nSPS) is 22.1. The van der Waals surface area contributed by atoms with Gasteiger partial charge >= 0.3 is 0 Å². The van der Waals surface area contributed by atoms with E-state index in [4.69, 9.17) is 34.8 Å². The second-order valence-electron chi connectivity index (χ2n) is 5.76. The minimum absolute atomic E-state index is 0.0757. The summed E-state index contributed by atoms with van der Waals surface area (Å²) in [7, 11) is 0. The first-order chi connectivity index (χ1) is 9.38. The molecule has 4 heteroatoms. The summed E-state index contributed by atoms with van der Waals surface area (Å²) in [5.74, 6) is 0.0757. The van der Waals surface area contributed by atoms with Gasteiger partial charge in [-0.25, -0.2) is 0 Å². The number of phenolic OH excluding ortho intramolecular Hbond substituents is 1. The second kappa shape index (κ2) is 6.17. The van der Waals surface area contributed by atoms with Crippen LogP contribution in [0.3, 0.4) is 0 Å². The lowest BCUT2D eigenvalue weighted by Gasteiger charge is -2.27. The van der Waals surface area contributed by atoms with Crippen LogP contribution in [0.25, 0.3) is 0 Å². The van der Waals surface area contributed by atoms with Crippen molar-refractivity contribution in [3.63, 3.8) is 0 Å². The summed E-state index contributed by atoms with van der Waals surface area (Å²) in [6.07, 6.45) is 7.05. The number of benzene rings is 1. The molecule has 1 aromatic carbocycles. The van der Waals surface area contributed by atoms with Crippen LogP contribution < -0.4 is 0 Å². The van der Waals surface area contributed by atoms with Gasteiger partial charge in [-0.3, -0.25) is 0 Å². The third kappa shape index (κ3) is 3.10. The van der Waals surface area contributed by atoms with Crippen LogP contribution in [0.4, 0.5) is 0 Å². The summed E-state index contributed by atoms with van der Waals surface area (Å²) in [4.78, 5) is 0. The van der Waals surface area contributed by atoms with Crippen LogP contribution in [0, 0.1) is 5.41 Å². The first-order valence-electron chi connectivity index (χ1n) is 6.89. The van der Waals surface area contributed by atoms with E-state index in [0.29, 0.717) is 5.02 Å². The van der Waals surface area contributed by atoms with E-state index in [1.807, 2.05) is 6.92 Å². The molecule has 0 saturated carbocycles. The summed E-state index contributed by atoms with van der Waals surface area (Å²) >= 11 is 18.3. The summed E-state index contributed by atoms with van der Waals surface area (Å²) in [5, 5.41) is 11.4. The number of hydrogen-bond acceptors (Lipinski definition) is 1. The van der Waals surface area contributed by atoms with Crippen molar-refractivity contribution < 1.29 is 5.11 Å². The monoisotopic (exact) mass is 332 g/mol. The van der Waals surface area contributed by atoms with Crippen LogP contribution in [0.2, 0.25) is 10.0 Å². The highest BCUT2D eigenvalue weighted by molar-refractivity contribution is 6.43. The van der Waals surface area contributed by atoms with E-state index in [2.05, 4.69) is 13.0 Å². The van der Waals surface area contributed by atoms with E-state index in [-0.39, 0.29) is 16.2 Å². The van der Waals surface area contributed by atoms with Crippen molar-refractivity contribution in [3.8, 4) is 5.75 Å². The molecule has 0 heterocycles. The van der Waals surface area contributed by atoms with Crippen molar-refractivity contribution in [2.24, 2.45) is 5.41 Å². The molecule has 110 valence electrons. The van der Waals surface area contributed by atoms with Crippen molar-refractivity contribution >= 4 is 34.8 Å². The van der Waals surface area contributed by atoms with Crippen LogP contribution in [0.15, 0.2) is 17.2 Å². The standard InChI is InChI=1S/C16H19Cl3O/c1-3-5-16(6-4-10(2)17)8-11-7-13(20)15(19)14(18)12(11)9-16/h4,7,20H,3,5-6,8-9H2,1-2H3. The summed E-state index contributed by atoms with van der Waals surface area (Å²) in [5.41, 5.74) is 2.35. The summed E-state index contributed by atoms with van der Waals surface area (Å²) in [6.45, 7) is 4.09. The molecule has 1 aromatic rings. The molecule has 1 N–H and O–H groups in total. The highest BCUT2D eigenvalue weighted by atomic mass is 35.5. The van der Waals surface area contributed by atoms with Crippen molar-refractivity contribution in [2.75, 3.05) is 0 Å². The van der Waals surface area contributed by atoms with Gasteiger partial charge in [-0.2, -0.15) is 0 Å². The lowest BCUT2D eigenvalue weighted by Crippen LogP contribution is -2.20. The average molecular weight is 334 g/mol. The number of aromatic hydroxyl groups is 1. The van der Waals surface area contributed by atoms with Crippen molar-refractivity contribution in [1.82, 2.24) is 0 Å². The Morgan fingerprint density at radius 1 is 1.35 bits per heavy atom. The van der Waals surface area contributed by atoms with Gasteiger partial charge in [0.15, 0.2) is 0 Å². The molecule has 0 amide bonds. The van der Waals surface area contributed by atoms with Crippen molar-refractivity contribution in [2.45, 2.75) is 46.0 Å². The zero-order valence-electron chi connectivity index (χ0n) is 11.8. The molecule has 0 spiro atoms. The lowest BCUT2D eigenvalue weighted by atomic mass is 9.77. The molecule has 0 saturated heterocycles. The molecule has 1 aliphatic rings. The van der Waals surface area contributed by atoms with E-state index >= 15 is 0 Å². The molecule has 1 atom stereocenters. The van der Waals surface area contributed by atoms with Crippen molar-refractivity contribution in [3.05, 3.63) is 38.3 Å². The number of fused-ring (bicyclic) bond motifs is 1. The maximum atomic E-state index is 9.83. The fourth-order valence-corrected chi connectivity index (χ4v) is 3.73. The molecule has 1 unspecified atom stereocenters. The van der Waals surface area contributed by atoms with E-state index < -0.39 is 0 Å². The van der Waals surface area contributed by atoms with Gasteiger partial charge in [-0.05, 0) is 55.2 Å². The number of phenols is 1. The molecule has 1 nitrogen and oxygen atoms in total. The lowest BCUT2D eigenvalue weighted by molar-refractivity contribution is 0.279. The molecule has 0 aliphatic heterocycles. The van der Waals surface area contributed by atoms with Crippen LogP contribution in [0.1, 0.15) is 44.2 Å². The van der Waals surface area contributed by atoms with Gasteiger partial charge in [0.2, 0.25) is 0 Å². The molecule has 20 heavy (non-hydrogen) atoms. The molecule has 0 aromatic heterocycles. The Labute approximate surface area is 135 Å². The minimum Gasteiger partial charge on any atom is -0.506 e. The molecule has 0 radical (unpaired) electrons. The third-order valence-electron chi connectivity index (χ3n) is 4.10. The quantitative estimate of drug-likeness (QED) is 0.704. The topological polar surface area (TPSA) is 20.2 Å². The van der Waals surface area contributed by atoms with Gasteiger partial charge in [0.1, 0.15) is 10.8 Å². The molecular weight excluding hydrogens is 315 g/mol. The predicted octanol–water partition coefficient (Wildman–Crippen LogP) is 6.12. The smallest absolute Gasteiger partial charge is 0.135 e. The SMILES string of the molecule is CCCC1(CC=C(C)Cl)Cc2cc(O)c(Cl)c(Cl)c2C1. The average Bonchev–Trinajstić information content (AvgIpc) is 2.74. The Balaban J connectivity index is 2.37. The van der Waals surface area contributed by atoms with Crippen LogP contribution >= 0.6 is 34.8 Å². The Morgan fingerprint density at radius 3 is 2.65 bits per heavy atom. The Morgan fingerprint density at radius 2 is 2.05 bits per heavy atom. The van der Waals surface area contributed by atoms with Gasteiger partial charge in [0.05, 0.1) is 5.02 Å². The number of hydrogen-bond donors (Lipinski definition) is 1. The molecule has 2 rings (SSSR count). The van der Waals surface area contributed by atoms with Gasteiger partial charge in [0.25, 0.3) is 0 Å². The first kappa shape index (κ1) is 16.0. The molecule has 1 aliphatic carbocycles. The minimum atomic E-state index is 0.0757. The summed E-state index contributed by atoms with van der Waals surface area (Å²) in [6, 6.07) is 1.76. The number of allylic oxidation sites excluding steroid dienone is 2. The zero-order chi connectivity index (χ0) is 14.9. The van der Waals surface area contributed by atoms with Gasteiger partial charge in [-0.1, -0.05) is 54.2 Å². The zero-order valence-corrected chi connectivity index (χ0v) is 14.0. The van der Waals surface area contributed by atoms with E-state index in [0.717, 1.165) is 48.3 Å². The maximum absolute atomic E-state index is 9.83. The van der Waals surface area contributed by atoms with Crippen LogP contribution in [0.5, 0.6) is 5.75 Å². The Kier molecular flexibility index (Phi) is 4.94. The summed E-state index contributed by atoms with van der Waals surface area (Å²) < 4.78 is 0. The largest absolute Gasteiger partial charge is 0.506 e. The molecular formula is C16H19Cl3O. The van der Waals surface area contributed by atoms with Crippen LogP contribution in [-0.2, 0) is 12.8 Å². The second-order valence-corrected chi connectivity index (χ2v) is 7.11.